The van der Waals surface area contributed by atoms with Gasteiger partial charge < -0.3 is 9.67 Å². The van der Waals surface area contributed by atoms with E-state index >= 15 is 0 Å². The molecule has 0 spiro atoms. The summed E-state index contributed by atoms with van der Waals surface area (Å²) in [6.07, 6.45) is 0. The van der Waals surface area contributed by atoms with E-state index in [1.54, 1.807) is 0 Å². The lowest BCUT2D eigenvalue weighted by Crippen LogP contribution is -1.96. The van der Waals surface area contributed by atoms with Gasteiger partial charge >= 0.3 is 5.69 Å². The fourth-order valence-corrected chi connectivity index (χ4v) is 2.67. The van der Waals surface area contributed by atoms with Crippen molar-refractivity contribution in [3.8, 4) is 5.88 Å². The molecular weight excluding hydrogens is 376 g/mol. The van der Waals surface area contributed by atoms with Crippen LogP contribution in [0.1, 0.15) is 0 Å². The molecule has 2 aromatic carbocycles. The van der Waals surface area contributed by atoms with Crippen LogP contribution in [0.2, 0.25) is 0 Å². The van der Waals surface area contributed by atoms with Crippen molar-refractivity contribution in [3.05, 3.63) is 66.7 Å². The fourth-order valence-electron chi connectivity index (χ4n) is 2.67. The third kappa shape index (κ3) is 2.96. The van der Waals surface area contributed by atoms with Gasteiger partial charge in [-0.05, 0) is 6.07 Å². The molecule has 3 rings (SSSR count). The Labute approximate surface area is 154 Å². The molecule has 1 heterocycles. The number of para-hydroxylation sites is 1. The number of nitrogens with zero attached hydrogens (tertiary/aromatic N) is 6. The van der Waals surface area contributed by atoms with Crippen LogP contribution in [0.15, 0.2) is 46.6 Å². The predicted octanol–water partition coefficient (Wildman–Crippen LogP) is 4.02. The molecule has 0 unspecified atom stereocenters. The zero-order chi connectivity index (χ0) is 20.6. The van der Waals surface area contributed by atoms with E-state index in [0.717, 1.165) is 16.7 Å². The van der Waals surface area contributed by atoms with Crippen LogP contribution in [0.3, 0.4) is 0 Å². The third-order valence-corrected chi connectivity index (χ3v) is 3.94. The first-order valence-electron chi connectivity index (χ1n) is 7.51. The standard InChI is InChI=1S/C15H10N6O7/c1-18-14-9(6-8(19(23)24)7-12(14)21(27)28)13(15(18)22)17-16-10-4-2-3-5-11(10)20(25)26/h2-7,22H,1H3. The maximum absolute atomic E-state index is 11.3. The Morgan fingerprint density at radius 1 is 0.929 bits per heavy atom. The van der Waals surface area contributed by atoms with Gasteiger partial charge in [0.25, 0.3) is 11.4 Å². The molecule has 0 amide bonds. The van der Waals surface area contributed by atoms with Gasteiger partial charge in [0.05, 0.1) is 20.8 Å². The molecule has 0 atom stereocenters. The number of aromatic hydroxyl groups is 1. The second-order valence-electron chi connectivity index (χ2n) is 5.55. The maximum atomic E-state index is 11.3. The van der Waals surface area contributed by atoms with E-state index in [4.69, 9.17) is 0 Å². The van der Waals surface area contributed by atoms with Crippen molar-refractivity contribution in [2.24, 2.45) is 17.3 Å². The summed E-state index contributed by atoms with van der Waals surface area (Å²) in [5, 5.41) is 51.2. The van der Waals surface area contributed by atoms with Crippen LogP contribution < -0.4 is 0 Å². The molecule has 13 heteroatoms. The predicted molar refractivity (Wildman–Crippen MR) is 95.2 cm³/mol. The van der Waals surface area contributed by atoms with E-state index < -0.39 is 32.0 Å². The van der Waals surface area contributed by atoms with Gasteiger partial charge in [-0.25, -0.2) is 0 Å². The number of aryl methyl sites for hydroxylation is 1. The number of hydrogen-bond acceptors (Lipinski definition) is 9. The minimum Gasteiger partial charge on any atom is -0.493 e. The molecule has 0 saturated carbocycles. The molecule has 0 aliphatic heterocycles. The quantitative estimate of drug-likeness (QED) is 0.390. The number of hydrogen-bond donors (Lipinski definition) is 1. The molecule has 0 fully saturated rings. The fraction of sp³-hybridized carbons (Fsp3) is 0.0667. The Morgan fingerprint density at radius 3 is 2.18 bits per heavy atom. The molecule has 3 aromatic rings. The highest BCUT2D eigenvalue weighted by molar-refractivity contribution is 6.01. The Hall–Kier alpha value is -4.42. The third-order valence-electron chi connectivity index (χ3n) is 3.94. The first-order valence-corrected chi connectivity index (χ1v) is 7.51. The summed E-state index contributed by atoms with van der Waals surface area (Å²) in [5.74, 6) is -0.541. The van der Waals surface area contributed by atoms with Gasteiger partial charge in [0.1, 0.15) is 5.52 Å². The Bertz CT molecular complexity index is 1180. The van der Waals surface area contributed by atoms with E-state index in [9.17, 15) is 35.4 Å². The van der Waals surface area contributed by atoms with Crippen molar-refractivity contribution in [1.82, 2.24) is 4.57 Å². The summed E-state index contributed by atoms with van der Waals surface area (Å²) < 4.78 is 1.03. The van der Waals surface area contributed by atoms with Crippen LogP contribution in [-0.2, 0) is 7.05 Å². The van der Waals surface area contributed by atoms with Crippen molar-refractivity contribution < 1.29 is 19.9 Å². The number of rotatable bonds is 5. The first-order chi connectivity index (χ1) is 13.2. The molecule has 0 radical (unpaired) electrons. The maximum Gasteiger partial charge on any atom is 0.300 e. The molecule has 0 aliphatic carbocycles. The number of benzene rings is 2. The van der Waals surface area contributed by atoms with Gasteiger partial charge in [0, 0.05) is 24.6 Å². The lowest BCUT2D eigenvalue weighted by molar-refractivity contribution is -0.393. The van der Waals surface area contributed by atoms with Gasteiger partial charge in [-0.2, -0.15) is 0 Å². The molecule has 0 saturated heterocycles. The van der Waals surface area contributed by atoms with Crippen molar-refractivity contribution in [2.45, 2.75) is 0 Å². The van der Waals surface area contributed by atoms with Crippen LogP contribution >= 0.6 is 0 Å². The number of fused-ring (bicyclic) bond motifs is 1. The smallest absolute Gasteiger partial charge is 0.300 e. The van der Waals surface area contributed by atoms with Crippen LogP contribution in [-0.4, -0.2) is 24.4 Å². The van der Waals surface area contributed by atoms with Crippen molar-refractivity contribution >= 4 is 39.3 Å². The minimum absolute atomic E-state index is 0.0942. The summed E-state index contributed by atoms with van der Waals surface area (Å²) in [7, 11) is 1.31. The summed E-state index contributed by atoms with van der Waals surface area (Å²) in [6.45, 7) is 0. The molecule has 28 heavy (non-hydrogen) atoms. The highest BCUT2D eigenvalue weighted by Crippen LogP contribution is 2.44. The number of aromatic nitrogens is 1. The van der Waals surface area contributed by atoms with Gasteiger partial charge in [-0.3, -0.25) is 30.3 Å². The first kappa shape index (κ1) is 18.4. The molecule has 0 bridgehead atoms. The molecule has 0 aliphatic rings. The SMILES string of the molecule is Cn1c(O)c(N=Nc2ccccc2[N+](=O)[O-])c2cc([N+](=O)[O-])cc([N+](=O)[O-])c21. The van der Waals surface area contributed by atoms with Crippen molar-refractivity contribution in [3.63, 3.8) is 0 Å². The zero-order valence-electron chi connectivity index (χ0n) is 14.0. The average molecular weight is 386 g/mol. The number of non-ortho nitro benzene ring substituents is 2. The van der Waals surface area contributed by atoms with E-state index in [0.29, 0.717) is 0 Å². The van der Waals surface area contributed by atoms with E-state index in [-0.39, 0.29) is 28.0 Å². The summed E-state index contributed by atoms with van der Waals surface area (Å²) in [4.78, 5) is 31.2. The van der Waals surface area contributed by atoms with Crippen LogP contribution in [0, 0.1) is 30.3 Å². The Kier molecular flexibility index (Phi) is 4.40. The van der Waals surface area contributed by atoms with Gasteiger partial charge in [0.2, 0.25) is 5.88 Å². The zero-order valence-corrected chi connectivity index (χ0v) is 14.0. The highest BCUT2D eigenvalue weighted by atomic mass is 16.6. The highest BCUT2D eigenvalue weighted by Gasteiger charge is 2.27. The molecule has 1 N–H and O–H groups in total. The normalized spacial score (nSPS) is 11.2. The minimum atomic E-state index is -0.822. The molecule has 13 nitrogen and oxygen atoms in total. The largest absolute Gasteiger partial charge is 0.493 e. The van der Waals surface area contributed by atoms with Gasteiger partial charge in [0.15, 0.2) is 11.4 Å². The van der Waals surface area contributed by atoms with E-state index in [1.807, 2.05) is 0 Å². The molecule has 142 valence electrons. The second kappa shape index (κ2) is 6.71. The molecule has 1 aromatic heterocycles. The second-order valence-corrected chi connectivity index (χ2v) is 5.55. The summed E-state index contributed by atoms with van der Waals surface area (Å²) >= 11 is 0. The van der Waals surface area contributed by atoms with Crippen molar-refractivity contribution in [2.75, 3.05) is 0 Å². The van der Waals surface area contributed by atoms with Crippen LogP contribution in [0.25, 0.3) is 10.9 Å². The Morgan fingerprint density at radius 2 is 1.57 bits per heavy atom. The average Bonchev–Trinajstić information content (AvgIpc) is 2.89. The topological polar surface area (TPSA) is 179 Å². The number of nitro benzene ring substituents is 3. The van der Waals surface area contributed by atoms with Crippen LogP contribution in [0.4, 0.5) is 28.4 Å². The Balaban J connectivity index is 2.28. The monoisotopic (exact) mass is 386 g/mol. The van der Waals surface area contributed by atoms with E-state index in [1.165, 1.54) is 31.3 Å². The van der Waals surface area contributed by atoms with Gasteiger partial charge in [-0.15, -0.1) is 10.2 Å². The summed E-state index contributed by atoms with van der Waals surface area (Å²) in [6, 6.07) is 7.21. The van der Waals surface area contributed by atoms with Crippen molar-refractivity contribution in [1.29, 1.82) is 0 Å². The lowest BCUT2D eigenvalue weighted by Gasteiger charge is -1.99. The number of azo groups is 1. The van der Waals surface area contributed by atoms with Crippen LogP contribution in [0.5, 0.6) is 5.88 Å². The van der Waals surface area contributed by atoms with Gasteiger partial charge in [-0.1, -0.05) is 12.1 Å². The summed E-state index contributed by atoms with van der Waals surface area (Å²) in [5.41, 5.74) is -2.04. The number of nitro groups is 3. The lowest BCUT2D eigenvalue weighted by atomic mass is 10.2. The van der Waals surface area contributed by atoms with E-state index in [2.05, 4.69) is 10.2 Å². The molecular formula is C15H10N6O7.